The van der Waals surface area contributed by atoms with Crippen molar-refractivity contribution >= 4 is 16.1 Å². The van der Waals surface area contributed by atoms with Crippen LogP contribution in [-0.4, -0.2) is 29.1 Å². The van der Waals surface area contributed by atoms with Crippen molar-refractivity contribution in [2.45, 2.75) is 24.3 Å². The van der Waals surface area contributed by atoms with E-state index in [0.717, 1.165) is 5.56 Å². The van der Waals surface area contributed by atoms with E-state index in [2.05, 4.69) is 15.0 Å². The van der Waals surface area contributed by atoms with E-state index in [1.54, 1.807) is 66.3 Å². The zero-order valence-electron chi connectivity index (χ0n) is 18.4. The highest BCUT2D eigenvalue weighted by Crippen LogP contribution is 2.23. The number of nitrogens with zero attached hydrogens (tertiary/aromatic N) is 2. The molecule has 3 aromatic carbocycles. The average Bonchev–Trinajstić information content (AvgIpc) is 3.29. The fourth-order valence-corrected chi connectivity index (χ4v) is 4.88. The lowest BCUT2D eigenvalue weighted by molar-refractivity contribution is 0.241. The normalized spacial score (nSPS) is 12.1. The summed E-state index contributed by atoms with van der Waals surface area (Å²) in [4.78, 5) is 17.3. The van der Waals surface area contributed by atoms with Crippen LogP contribution in [0.1, 0.15) is 23.0 Å². The topological polar surface area (TPSA) is 113 Å². The number of nitrogens with one attached hydrogen (secondary N) is 2. The second kappa shape index (κ2) is 9.80. The zero-order valence-corrected chi connectivity index (χ0v) is 19.2. The monoisotopic (exact) mass is 476 g/mol. The summed E-state index contributed by atoms with van der Waals surface area (Å²) in [6, 6.07) is 21.0. The minimum absolute atomic E-state index is 0.0334. The fraction of sp³-hybridized carbons (Fsp3) is 0.120. The number of benzene rings is 3. The Balaban J connectivity index is 1.64. The Morgan fingerprint density at radius 1 is 1.03 bits per heavy atom. The smallest absolute Gasteiger partial charge is 0.329 e. The van der Waals surface area contributed by atoms with Gasteiger partial charge in [0.1, 0.15) is 11.6 Å². The van der Waals surface area contributed by atoms with Crippen molar-refractivity contribution in [1.29, 1.82) is 0 Å². The van der Waals surface area contributed by atoms with Crippen LogP contribution in [0.15, 0.2) is 96.2 Å². The van der Waals surface area contributed by atoms with Gasteiger partial charge in [0.15, 0.2) is 0 Å². The maximum absolute atomic E-state index is 12.9. The second-order valence-corrected chi connectivity index (χ2v) is 9.41. The number of aryl methyl sites for hydroxylation is 1. The molecule has 0 radical (unpaired) electrons. The number of hydrogen-bond acceptors (Lipinski definition) is 5. The fourth-order valence-electron chi connectivity index (χ4n) is 3.71. The highest BCUT2D eigenvalue weighted by molar-refractivity contribution is 7.90. The lowest BCUT2D eigenvalue weighted by Crippen LogP contribution is -2.42. The highest BCUT2D eigenvalue weighted by Gasteiger charge is 2.25. The summed E-state index contributed by atoms with van der Waals surface area (Å²) >= 11 is 0. The van der Waals surface area contributed by atoms with Crippen LogP contribution in [0.5, 0.6) is 5.75 Å². The van der Waals surface area contributed by atoms with E-state index < -0.39 is 22.1 Å². The minimum Gasteiger partial charge on any atom is -0.508 e. The molecule has 1 atom stereocenters. The molecule has 0 fully saturated rings. The molecule has 9 heteroatoms. The Morgan fingerprint density at radius 3 is 2.50 bits per heavy atom. The van der Waals surface area contributed by atoms with Crippen molar-refractivity contribution in [2.24, 2.45) is 0 Å². The number of carbonyl (C=O) groups is 1. The first kappa shape index (κ1) is 23.1. The molecular weight excluding hydrogens is 452 g/mol. The van der Waals surface area contributed by atoms with Crippen molar-refractivity contribution < 1.29 is 18.3 Å². The molecule has 3 N–H and O–H groups in total. The molecule has 4 rings (SSSR count). The number of urea groups is 1. The molecule has 34 heavy (non-hydrogen) atoms. The summed E-state index contributed by atoms with van der Waals surface area (Å²) in [6.45, 7) is 1.66. The van der Waals surface area contributed by atoms with Gasteiger partial charge in [0.05, 0.1) is 16.6 Å². The van der Waals surface area contributed by atoms with Crippen LogP contribution in [-0.2, 0) is 16.4 Å². The maximum atomic E-state index is 12.9. The van der Waals surface area contributed by atoms with E-state index in [9.17, 15) is 18.3 Å². The van der Waals surface area contributed by atoms with E-state index in [1.807, 2.05) is 30.3 Å². The molecule has 0 aliphatic carbocycles. The third-order valence-corrected chi connectivity index (χ3v) is 6.78. The Hall–Kier alpha value is -4.11. The number of aromatic nitrogens is 2. The van der Waals surface area contributed by atoms with Gasteiger partial charge >= 0.3 is 6.03 Å². The summed E-state index contributed by atoms with van der Waals surface area (Å²) in [5.74, 6) is 0.574. The van der Waals surface area contributed by atoms with Gasteiger partial charge in [-0.05, 0) is 42.7 Å². The van der Waals surface area contributed by atoms with Crippen molar-refractivity contribution in [3.63, 3.8) is 0 Å². The van der Waals surface area contributed by atoms with Crippen molar-refractivity contribution in [3.8, 4) is 11.4 Å². The molecule has 4 aromatic rings. The Morgan fingerprint density at radius 2 is 1.76 bits per heavy atom. The van der Waals surface area contributed by atoms with Crippen molar-refractivity contribution in [3.05, 3.63) is 108 Å². The number of sulfonamides is 1. The molecule has 0 unspecified atom stereocenters. The first-order valence-electron chi connectivity index (χ1n) is 10.6. The number of phenolic OH excluding ortho intramolecular Hbond substituents is 1. The molecular formula is C25H24N4O4S. The number of imidazole rings is 1. The number of phenols is 1. The summed E-state index contributed by atoms with van der Waals surface area (Å²) in [5.41, 5.74) is 2.11. The Kier molecular flexibility index (Phi) is 6.65. The highest BCUT2D eigenvalue weighted by atomic mass is 32.2. The van der Waals surface area contributed by atoms with Gasteiger partial charge in [0.25, 0.3) is 10.0 Å². The molecule has 0 saturated heterocycles. The van der Waals surface area contributed by atoms with Crippen LogP contribution < -0.4 is 10.0 Å². The standard InChI is InChI=1S/C25H24N4O4S/c1-18-8-5-6-13-23(18)34(32,33)28-25(31)27-22(16-19-9-3-2-4-10-19)24-26-14-15-29(24)20-11-7-12-21(30)17-20/h2-15,17,22,30H,16H2,1H3,(H2,27,28,31)/t22-/m0/s1. The quantitative estimate of drug-likeness (QED) is 0.375. The molecule has 1 aromatic heterocycles. The van der Waals surface area contributed by atoms with E-state index in [4.69, 9.17) is 0 Å². The number of carbonyl (C=O) groups excluding carboxylic acids is 1. The third kappa shape index (κ3) is 5.26. The van der Waals surface area contributed by atoms with E-state index in [1.165, 1.54) is 6.07 Å². The summed E-state index contributed by atoms with van der Waals surface area (Å²) in [7, 11) is -4.07. The van der Waals surface area contributed by atoms with Crippen LogP contribution >= 0.6 is 0 Å². The largest absolute Gasteiger partial charge is 0.508 e. The van der Waals surface area contributed by atoms with Crippen LogP contribution in [0, 0.1) is 6.92 Å². The van der Waals surface area contributed by atoms with Crippen LogP contribution in [0.4, 0.5) is 4.79 Å². The first-order chi connectivity index (χ1) is 16.3. The molecule has 174 valence electrons. The molecule has 0 aliphatic rings. The predicted octanol–water partition coefficient (Wildman–Crippen LogP) is 3.86. The van der Waals surface area contributed by atoms with Gasteiger partial charge < -0.3 is 15.0 Å². The van der Waals surface area contributed by atoms with Gasteiger partial charge in [0.2, 0.25) is 0 Å². The van der Waals surface area contributed by atoms with Crippen molar-refractivity contribution in [1.82, 2.24) is 19.6 Å². The lowest BCUT2D eigenvalue weighted by atomic mass is 10.1. The average molecular weight is 477 g/mol. The number of hydrogen-bond donors (Lipinski definition) is 3. The Labute approximate surface area is 198 Å². The summed E-state index contributed by atoms with van der Waals surface area (Å²) in [6.07, 6.45) is 3.67. The summed E-state index contributed by atoms with van der Waals surface area (Å²) in [5, 5.41) is 12.7. The second-order valence-electron chi connectivity index (χ2n) is 7.76. The van der Waals surface area contributed by atoms with Gasteiger partial charge in [-0.15, -0.1) is 0 Å². The number of rotatable bonds is 7. The van der Waals surface area contributed by atoms with Crippen LogP contribution in [0.2, 0.25) is 0 Å². The first-order valence-corrected chi connectivity index (χ1v) is 12.1. The maximum Gasteiger partial charge on any atom is 0.329 e. The molecule has 2 amide bonds. The molecule has 0 bridgehead atoms. The zero-order chi connectivity index (χ0) is 24.1. The third-order valence-electron chi connectivity index (χ3n) is 5.29. The SMILES string of the molecule is Cc1ccccc1S(=O)(=O)NC(=O)N[C@@H](Cc1ccccc1)c1nccn1-c1cccc(O)c1. The van der Waals surface area contributed by atoms with Gasteiger partial charge in [-0.3, -0.25) is 0 Å². The van der Waals surface area contributed by atoms with E-state index >= 15 is 0 Å². The van der Waals surface area contributed by atoms with Crippen LogP contribution in [0.25, 0.3) is 5.69 Å². The van der Waals surface area contributed by atoms with Gasteiger partial charge in [-0.25, -0.2) is 22.9 Å². The van der Waals surface area contributed by atoms with Gasteiger partial charge in [0, 0.05) is 18.5 Å². The van der Waals surface area contributed by atoms with Crippen LogP contribution in [0.3, 0.4) is 0 Å². The lowest BCUT2D eigenvalue weighted by Gasteiger charge is -2.21. The molecule has 1 heterocycles. The molecule has 0 saturated carbocycles. The molecule has 0 spiro atoms. The predicted molar refractivity (Wildman–Crippen MR) is 128 cm³/mol. The molecule has 0 aliphatic heterocycles. The van der Waals surface area contributed by atoms with Gasteiger partial charge in [-0.1, -0.05) is 54.6 Å². The molecule has 8 nitrogen and oxygen atoms in total. The van der Waals surface area contributed by atoms with E-state index in [-0.39, 0.29) is 10.6 Å². The van der Waals surface area contributed by atoms with Crippen molar-refractivity contribution in [2.75, 3.05) is 0 Å². The summed E-state index contributed by atoms with van der Waals surface area (Å²) < 4.78 is 29.4. The minimum atomic E-state index is -4.07. The number of aromatic hydroxyl groups is 1. The van der Waals surface area contributed by atoms with Gasteiger partial charge in [-0.2, -0.15) is 0 Å². The number of amides is 2. The van der Waals surface area contributed by atoms with E-state index in [0.29, 0.717) is 23.5 Å². The Bertz CT molecular complexity index is 1400.